The van der Waals surface area contributed by atoms with Crippen LogP contribution in [0.25, 0.3) is 6.08 Å². The van der Waals surface area contributed by atoms with Crippen molar-refractivity contribution >= 4 is 46.3 Å². The molecule has 2 amide bonds. The number of benzene rings is 2. The summed E-state index contributed by atoms with van der Waals surface area (Å²) in [6.45, 7) is 0. The maximum Gasteiger partial charge on any atom is 0.272 e. The van der Waals surface area contributed by atoms with Crippen molar-refractivity contribution in [1.82, 2.24) is 5.32 Å². The van der Waals surface area contributed by atoms with Gasteiger partial charge in [0, 0.05) is 30.0 Å². The minimum absolute atomic E-state index is 0.142. The molecule has 0 aliphatic rings. The van der Waals surface area contributed by atoms with E-state index in [2.05, 4.69) is 10.6 Å². The summed E-state index contributed by atoms with van der Waals surface area (Å²) in [5.41, 5.74) is 0.127. The third kappa shape index (κ3) is 5.58. The third-order valence-corrected chi connectivity index (χ3v) is 4.83. The Balaban J connectivity index is 1.89. The van der Waals surface area contributed by atoms with E-state index in [4.69, 9.17) is 0 Å². The zero-order chi connectivity index (χ0) is 22.4. The monoisotopic (exact) mass is 438 g/mol. The Morgan fingerprint density at radius 3 is 2.23 bits per heavy atom. The van der Waals surface area contributed by atoms with Gasteiger partial charge in [-0.1, -0.05) is 18.2 Å². The molecule has 1 aromatic heterocycles. The van der Waals surface area contributed by atoms with Crippen LogP contribution in [-0.2, 0) is 4.79 Å². The molecule has 2 aromatic carbocycles. The second-order valence-corrected chi connectivity index (χ2v) is 7.05. The SMILES string of the molecule is O=C(Nc1ccc([N+](=O)[O-])cc1)/C(=C/c1cccc([N+](=O)[O-])c1)NC(=O)c1cccs1. The molecule has 0 bridgehead atoms. The lowest BCUT2D eigenvalue weighted by Crippen LogP contribution is -2.30. The van der Waals surface area contributed by atoms with Crippen LogP contribution in [0.15, 0.2) is 71.7 Å². The fraction of sp³-hybridized carbons (Fsp3) is 0. The van der Waals surface area contributed by atoms with Crippen LogP contribution in [-0.4, -0.2) is 21.7 Å². The minimum atomic E-state index is -0.703. The van der Waals surface area contributed by atoms with Crippen molar-refractivity contribution < 1.29 is 19.4 Å². The van der Waals surface area contributed by atoms with Gasteiger partial charge in [-0.15, -0.1) is 11.3 Å². The van der Waals surface area contributed by atoms with Gasteiger partial charge in [0.15, 0.2) is 0 Å². The maximum absolute atomic E-state index is 12.8. The fourth-order valence-electron chi connectivity index (χ4n) is 2.51. The molecule has 0 atom stereocenters. The Hall–Kier alpha value is -4.38. The zero-order valence-corrected chi connectivity index (χ0v) is 16.5. The van der Waals surface area contributed by atoms with E-state index in [-0.39, 0.29) is 22.8 Å². The van der Waals surface area contributed by atoms with E-state index in [0.717, 1.165) is 0 Å². The van der Waals surface area contributed by atoms with Crippen LogP contribution in [0.1, 0.15) is 15.2 Å². The first-order valence-electron chi connectivity index (χ1n) is 8.70. The lowest BCUT2D eigenvalue weighted by molar-refractivity contribution is -0.385. The summed E-state index contributed by atoms with van der Waals surface area (Å²) in [6, 6.07) is 14.0. The van der Waals surface area contributed by atoms with Crippen LogP contribution < -0.4 is 10.6 Å². The van der Waals surface area contributed by atoms with E-state index >= 15 is 0 Å². The van der Waals surface area contributed by atoms with Gasteiger partial charge in [-0.25, -0.2) is 0 Å². The molecule has 0 fully saturated rings. The van der Waals surface area contributed by atoms with Crippen LogP contribution in [0.2, 0.25) is 0 Å². The average molecular weight is 438 g/mol. The Kier molecular flexibility index (Phi) is 6.48. The second-order valence-electron chi connectivity index (χ2n) is 6.10. The first-order valence-corrected chi connectivity index (χ1v) is 9.58. The van der Waals surface area contributed by atoms with Gasteiger partial charge in [0.05, 0.1) is 14.7 Å². The molecule has 156 valence electrons. The standard InChI is InChI=1S/C20H14N4O6S/c25-19(21-14-6-8-15(9-7-14)23(27)28)17(22-20(26)18-5-2-10-31-18)12-13-3-1-4-16(11-13)24(29)30/h1-12H,(H,21,25)(H,22,26)/b17-12-. The molecular formula is C20H14N4O6S. The van der Waals surface area contributed by atoms with E-state index in [9.17, 15) is 29.8 Å². The molecule has 0 radical (unpaired) electrons. The summed E-state index contributed by atoms with van der Waals surface area (Å²) in [7, 11) is 0. The van der Waals surface area contributed by atoms with Gasteiger partial charge in [0.25, 0.3) is 23.2 Å². The van der Waals surface area contributed by atoms with Gasteiger partial charge in [-0.2, -0.15) is 0 Å². The largest absolute Gasteiger partial charge is 0.321 e. The molecule has 10 nitrogen and oxygen atoms in total. The summed E-state index contributed by atoms with van der Waals surface area (Å²) in [5, 5.41) is 28.5. The van der Waals surface area contributed by atoms with E-state index in [0.29, 0.717) is 10.4 Å². The van der Waals surface area contributed by atoms with Crippen LogP contribution >= 0.6 is 11.3 Å². The van der Waals surface area contributed by atoms with Gasteiger partial charge in [0.2, 0.25) is 0 Å². The number of nitro benzene ring substituents is 2. The van der Waals surface area contributed by atoms with Gasteiger partial charge >= 0.3 is 0 Å². The average Bonchev–Trinajstić information content (AvgIpc) is 3.29. The Bertz CT molecular complexity index is 1170. The molecule has 3 rings (SSSR count). The van der Waals surface area contributed by atoms with Crippen LogP contribution in [0.5, 0.6) is 0 Å². The first-order chi connectivity index (χ1) is 14.8. The summed E-state index contributed by atoms with van der Waals surface area (Å²) >= 11 is 1.18. The van der Waals surface area contributed by atoms with E-state index in [1.54, 1.807) is 23.6 Å². The predicted octanol–water partition coefficient (Wildman–Crippen LogP) is 3.97. The molecule has 3 aromatic rings. The number of carbonyl (C=O) groups is 2. The predicted molar refractivity (Wildman–Crippen MR) is 115 cm³/mol. The van der Waals surface area contributed by atoms with Crippen molar-refractivity contribution in [3.8, 4) is 0 Å². The fourth-order valence-corrected chi connectivity index (χ4v) is 3.13. The highest BCUT2D eigenvalue weighted by Crippen LogP contribution is 2.19. The van der Waals surface area contributed by atoms with E-state index in [1.807, 2.05) is 0 Å². The van der Waals surface area contributed by atoms with Crippen molar-refractivity contribution in [2.24, 2.45) is 0 Å². The number of carbonyl (C=O) groups excluding carboxylic acids is 2. The normalized spacial score (nSPS) is 10.9. The molecular weight excluding hydrogens is 424 g/mol. The quantitative estimate of drug-likeness (QED) is 0.324. The number of nitro groups is 2. The summed E-state index contributed by atoms with van der Waals surface area (Å²) in [4.78, 5) is 46.3. The molecule has 1 heterocycles. The molecule has 0 saturated carbocycles. The molecule has 11 heteroatoms. The van der Waals surface area contributed by atoms with Crippen LogP contribution in [0.4, 0.5) is 17.1 Å². The van der Waals surface area contributed by atoms with Gasteiger partial charge in [-0.05, 0) is 35.2 Å². The number of hydrogen-bond acceptors (Lipinski definition) is 7. The van der Waals surface area contributed by atoms with Crippen molar-refractivity contribution in [2.75, 3.05) is 5.32 Å². The smallest absolute Gasteiger partial charge is 0.272 e. The number of nitrogens with zero attached hydrogens (tertiary/aromatic N) is 2. The Labute approximate surface area is 179 Å². The first kappa shape index (κ1) is 21.3. The number of hydrogen-bond donors (Lipinski definition) is 2. The lowest BCUT2D eigenvalue weighted by atomic mass is 10.1. The van der Waals surface area contributed by atoms with Crippen molar-refractivity contribution in [3.05, 3.63) is 102 Å². The summed E-state index contributed by atoms with van der Waals surface area (Å²) < 4.78 is 0. The van der Waals surface area contributed by atoms with Crippen LogP contribution in [0.3, 0.4) is 0 Å². The van der Waals surface area contributed by atoms with Crippen molar-refractivity contribution in [2.45, 2.75) is 0 Å². The van der Waals surface area contributed by atoms with Crippen LogP contribution in [0, 0.1) is 20.2 Å². The number of thiophene rings is 1. The molecule has 2 N–H and O–H groups in total. The maximum atomic E-state index is 12.8. The van der Waals surface area contributed by atoms with Crippen molar-refractivity contribution in [1.29, 1.82) is 0 Å². The number of amides is 2. The van der Waals surface area contributed by atoms with E-state index < -0.39 is 21.7 Å². The van der Waals surface area contributed by atoms with Gasteiger partial charge in [0.1, 0.15) is 5.70 Å². The molecule has 0 saturated heterocycles. The Morgan fingerprint density at radius 1 is 0.903 bits per heavy atom. The van der Waals surface area contributed by atoms with Gasteiger partial charge < -0.3 is 10.6 Å². The third-order valence-electron chi connectivity index (χ3n) is 3.97. The number of nitrogens with one attached hydrogen (secondary N) is 2. The highest BCUT2D eigenvalue weighted by Gasteiger charge is 2.17. The zero-order valence-electron chi connectivity index (χ0n) is 15.7. The summed E-state index contributed by atoms with van der Waals surface area (Å²) in [5.74, 6) is -1.23. The lowest BCUT2D eigenvalue weighted by Gasteiger charge is -2.11. The minimum Gasteiger partial charge on any atom is -0.321 e. The van der Waals surface area contributed by atoms with Gasteiger partial charge in [-0.3, -0.25) is 29.8 Å². The molecule has 0 spiro atoms. The van der Waals surface area contributed by atoms with Crippen molar-refractivity contribution in [3.63, 3.8) is 0 Å². The number of non-ortho nitro benzene ring substituents is 2. The Morgan fingerprint density at radius 2 is 1.61 bits per heavy atom. The number of anilines is 1. The molecule has 31 heavy (non-hydrogen) atoms. The highest BCUT2D eigenvalue weighted by atomic mass is 32.1. The topological polar surface area (TPSA) is 144 Å². The number of rotatable bonds is 7. The molecule has 0 aliphatic carbocycles. The van der Waals surface area contributed by atoms with E-state index in [1.165, 1.54) is 59.9 Å². The summed E-state index contributed by atoms with van der Waals surface area (Å²) in [6.07, 6.45) is 1.30. The highest BCUT2D eigenvalue weighted by molar-refractivity contribution is 7.12. The molecule has 0 unspecified atom stereocenters. The molecule has 0 aliphatic heterocycles. The second kappa shape index (κ2) is 9.41.